The quantitative estimate of drug-likeness (QED) is 0.523. The van der Waals surface area contributed by atoms with Gasteiger partial charge >= 0.3 is 0 Å². The largest absolute Gasteiger partial charge is 0.302 e. The standard InChI is InChI=1S/C20H29N/c1-9-18(19-12-11-14(3)13-15(19)4)16(5)17(6)20(10-2)21(7)8/h9-13,17,20H,2,5H2,1,3-4,6-8H3/b18-9-. The Kier molecular flexibility index (Phi) is 6.17. The van der Waals surface area contributed by atoms with E-state index in [1.54, 1.807) is 0 Å². The van der Waals surface area contributed by atoms with Crippen LogP contribution in [0, 0.1) is 19.8 Å². The SMILES string of the molecule is C=CC(C(C)C(=C)/C(=C/C)c1ccc(C)cc1C)N(C)C. The lowest BCUT2D eigenvalue weighted by Crippen LogP contribution is -2.33. The average molecular weight is 283 g/mol. The summed E-state index contributed by atoms with van der Waals surface area (Å²) in [5, 5.41) is 0. The maximum absolute atomic E-state index is 4.37. The average Bonchev–Trinajstić information content (AvgIpc) is 2.41. The minimum absolute atomic E-state index is 0.290. The van der Waals surface area contributed by atoms with Gasteiger partial charge in [0.1, 0.15) is 0 Å². The number of allylic oxidation sites excluding steroid dienone is 2. The van der Waals surface area contributed by atoms with E-state index in [0.29, 0.717) is 12.0 Å². The van der Waals surface area contributed by atoms with Gasteiger partial charge in [0, 0.05) is 12.0 Å². The van der Waals surface area contributed by atoms with Gasteiger partial charge in [-0.1, -0.05) is 49.4 Å². The van der Waals surface area contributed by atoms with E-state index in [-0.39, 0.29) is 0 Å². The molecule has 2 atom stereocenters. The van der Waals surface area contributed by atoms with Gasteiger partial charge < -0.3 is 4.90 Å². The van der Waals surface area contributed by atoms with Crippen LogP contribution in [0.2, 0.25) is 0 Å². The maximum atomic E-state index is 4.37. The molecule has 114 valence electrons. The van der Waals surface area contributed by atoms with Crippen molar-refractivity contribution in [1.29, 1.82) is 0 Å². The van der Waals surface area contributed by atoms with Crippen LogP contribution in [-0.4, -0.2) is 25.0 Å². The zero-order chi connectivity index (χ0) is 16.2. The Balaban J connectivity index is 3.16. The van der Waals surface area contributed by atoms with Gasteiger partial charge in [-0.15, -0.1) is 6.58 Å². The van der Waals surface area contributed by atoms with Crippen molar-refractivity contribution in [2.45, 2.75) is 33.7 Å². The second-order valence-corrected chi connectivity index (χ2v) is 6.02. The first-order valence-electron chi connectivity index (χ1n) is 7.55. The zero-order valence-electron chi connectivity index (χ0n) is 14.4. The molecule has 2 unspecified atom stereocenters. The van der Waals surface area contributed by atoms with Crippen molar-refractivity contribution in [1.82, 2.24) is 4.90 Å². The topological polar surface area (TPSA) is 3.24 Å². The highest BCUT2D eigenvalue weighted by molar-refractivity contribution is 5.80. The number of nitrogens with zero attached hydrogens (tertiary/aromatic N) is 1. The van der Waals surface area contributed by atoms with Crippen LogP contribution in [-0.2, 0) is 0 Å². The first kappa shape index (κ1) is 17.5. The minimum atomic E-state index is 0.290. The second kappa shape index (κ2) is 7.42. The summed E-state index contributed by atoms with van der Waals surface area (Å²) in [6.45, 7) is 17.0. The lowest BCUT2D eigenvalue weighted by molar-refractivity contribution is 0.293. The molecule has 0 aromatic heterocycles. The summed E-state index contributed by atoms with van der Waals surface area (Å²) >= 11 is 0. The van der Waals surface area contributed by atoms with Gasteiger partial charge in [-0.3, -0.25) is 0 Å². The number of hydrogen-bond acceptors (Lipinski definition) is 1. The van der Waals surface area contributed by atoms with Crippen molar-refractivity contribution in [2.24, 2.45) is 5.92 Å². The van der Waals surface area contributed by atoms with Gasteiger partial charge in [-0.25, -0.2) is 0 Å². The highest BCUT2D eigenvalue weighted by Gasteiger charge is 2.22. The van der Waals surface area contributed by atoms with Crippen LogP contribution in [0.1, 0.15) is 30.5 Å². The summed E-state index contributed by atoms with van der Waals surface area (Å²) in [7, 11) is 4.17. The van der Waals surface area contributed by atoms with Crippen molar-refractivity contribution in [3.63, 3.8) is 0 Å². The van der Waals surface area contributed by atoms with Crippen molar-refractivity contribution in [2.75, 3.05) is 14.1 Å². The number of rotatable bonds is 6. The molecule has 0 saturated heterocycles. The first-order chi connectivity index (χ1) is 9.83. The van der Waals surface area contributed by atoms with Crippen molar-refractivity contribution >= 4 is 5.57 Å². The lowest BCUT2D eigenvalue weighted by atomic mass is 9.84. The van der Waals surface area contributed by atoms with E-state index in [4.69, 9.17) is 0 Å². The molecule has 0 spiro atoms. The summed E-state index contributed by atoms with van der Waals surface area (Å²) in [4.78, 5) is 2.19. The molecule has 0 aliphatic rings. The van der Waals surface area contributed by atoms with E-state index in [2.05, 4.69) is 84.1 Å². The summed E-state index contributed by atoms with van der Waals surface area (Å²) < 4.78 is 0. The van der Waals surface area contributed by atoms with Gasteiger partial charge in [0.25, 0.3) is 0 Å². The third-order valence-electron chi connectivity index (χ3n) is 4.21. The molecule has 21 heavy (non-hydrogen) atoms. The fourth-order valence-electron chi connectivity index (χ4n) is 2.94. The minimum Gasteiger partial charge on any atom is -0.302 e. The number of benzene rings is 1. The smallest absolute Gasteiger partial charge is 0.0335 e. The highest BCUT2D eigenvalue weighted by atomic mass is 15.1. The van der Waals surface area contributed by atoms with E-state index in [1.807, 2.05) is 6.08 Å². The molecule has 0 aliphatic heterocycles. The van der Waals surface area contributed by atoms with Gasteiger partial charge in [0.2, 0.25) is 0 Å². The van der Waals surface area contributed by atoms with Crippen molar-refractivity contribution in [3.8, 4) is 0 Å². The van der Waals surface area contributed by atoms with E-state index in [0.717, 1.165) is 0 Å². The fourth-order valence-corrected chi connectivity index (χ4v) is 2.94. The molecular formula is C20H29N. The molecule has 0 saturated carbocycles. The molecule has 1 rings (SSSR count). The van der Waals surface area contributed by atoms with Crippen LogP contribution in [0.5, 0.6) is 0 Å². The Hall–Kier alpha value is -1.60. The predicted octanol–water partition coefficient (Wildman–Crippen LogP) is 5.02. The van der Waals surface area contributed by atoms with E-state index in [1.165, 1.54) is 27.8 Å². The van der Waals surface area contributed by atoms with E-state index >= 15 is 0 Å². The Labute approximate surface area is 130 Å². The lowest BCUT2D eigenvalue weighted by Gasteiger charge is -2.30. The number of likely N-dealkylation sites (N-methyl/N-ethyl adjacent to an activating group) is 1. The molecule has 0 radical (unpaired) electrons. The third-order valence-corrected chi connectivity index (χ3v) is 4.21. The molecule has 1 heteroatoms. The maximum Gasteiger partial charge on any atom is 0.0335 e. The van der Waals surface area contributed by atoms with E-state index in [9.17, 15) is 0 Å². The third kappa shape index (κ3) is 3.95. The normalized spacial score (nSPS) is 14.9. The van der Waals surface area contributed by atoms with Crippen molar-refractivity contribution < 1.29 is 0 Å². The molecule has 1 nitrogen and oxygen atoms in total. The van der Waals surface area contributed by atoms with Crippen LogP contribution in [0.25, 0.3) is 5.57 Å². The van der Waals surface area contributed by atoms with Crippen molar-refractivity contribution in [3.05, 3.63) is 65.8 Å². The first-order valence-corrected chi connectivity index (χ1v) is 7.55. The second-order valence-electron chi connectivity index (χ2n) is 6.02. The van der Waals surface area contributed by atoms with Crippen LogP contribution in [0.3, 0.4) is 0 Å². The Morgan fingerprint density at radius 2 is 1.86 bits per heavy atom. The predicted molar refractivity (Wildman–Crippen MR) is 95.5 cm³/mol. The molecule has 0 heterocycles. The van der Waals surface area contributed by atoms with Crippen LogP contribution in [0.4, 0.5) is 0 Å². The molecule has 0 fully saturated rings. The highest BCUT2D eigenvalue weighted by Crippen LogP contribution is 2.32. The van der Waals surface area contributed by atoms with Gasteiger partial charge in [0.05, 0.1) is 0 Å². The molecule has 0 bridgehead atoms. The summed E-state index contributed by atoms with van der Waals surface area (Å²) in [6, 6.07) is 6.89. The van der Waals surface area contributed by atoms with Gasteiger partial charge in [0.15, 0.2) is 0 Å². The van der Waals surface area contributed by atoms with Crippen LogP contribution >= 0.6 is 0 Å². The molecule has 1 aromatic carbocycles. The summed E-state index contributed by atoms with van der Waals surface area (Å²) in [6.07, 6.45) is 4.18. The Morgan fingerprint density at radius 3 is 2.29 bits per heavy atom. The molecule has 0 aliphatic carbocycles. The molecule has 0 N–H and O–H groups in total. The van der Waals surface area contributed by atoms with Gasteiger partial charge in [-0.05, 0) is 57.1 Å². The monoisotopic (exact) mass is 283 g/mol. The van der Waals surface area contributed by atoms with Crippen LogP contribution < -0.4 is 0 Å². The molecule has 0 amide bonds. The Bertz CT molecular complexity index is 549. The molecule has 1 aromatic rings. The fraction of sp³-hybridized carbons (Fsp3) is 0.400. The zero-order valence-corrected chi connectivity index (χ0v) is 14.4. The van der Waals surface area contributed by atoms with E-state index < -0.39 is 0 Å². The number of aryl methyl sites for hydroxylation is 2. The van der Waals surface area contributed by atoms with Gasteiger partial charge in [-0.2, -0.15) is 0 Å². The number of hydrogen-bond donors (Lipinski definition) is 0. The summed E-state index contributed by atoms with van der Waals surface area (Å²) in [5.41, 5.74) is 6.29. The van der Waals surface area contributed by atoms with Crippen LogP contribution in [0.15, 0.2) is 49.1 Å². The molecular weight excluding hydrogens is 254 g/mol. The Morgan fingerprint density at radius 1 is 1.24 bits per heavy atom. The summed E-state index contributed by atoms with van der Waals surface area (Å²) in [5.74, 6) is 0.324.